The monoisotopic (exact) mass is 618 g/mol. The molecule has 3 aromatic rings. The molecule has 0 unspecified atom stereocenters. The maximum atomic E-state index is 13.9. The van der Waals surface area contributed by atoms with Gasteiger partial charge in [-0.1, -0.05) is 6.07 Å². The van der Waals surface area contributed by atoms with Crippen molar-refractivity contribution in [2.75, 3.05) is 25.1 Å². The fourth-order valence-electron chi connectivity index (χ4n) is 5.86. The highest BCUT2D eigenvalue weighted by Gasteiger charge is 2.33. The molecular formula is C32H39FN8O4. The Morgan fingerprint density at radius 1 is 1.16 bits per heavy atom. The van der Waals surface area contributed by atoms with Crippen LogP contribution in [0.15, 0.2) is 29.1 Å². The molecule has 0 saturated heterocycles. The number of pyridine rings is 3. The summed E-state index contributed by atoms with van der Waals surface area (Å²) in [6, 6.07) is 10.1. The number of carbonyl (C=O) groups is 1. The summed E-state index contributed by atoms with van der Waals surface area (Å²) in [6.45, 7) is 7.51. The average Bonchev–Trinajstić information content (AvgIpc) is 2.99. The van der Waals surface area contributed by atoms with Gasteiger partial charge in [-0.25, -0.2) is 14.8 Å². The number of aryl methyl sites for hydroxylation is 2. The minimum atomic E-state index is -0.608. The number of alkyl carbamates (subject to hydrolysis) is 1. The van der Waals surface area contributed by atoms with E-state index in [0.717, 1.165) is 31.2 Å². The van der Waals surface area contributed by atoms with Gasteiger partial charge in [0.1, 0.15) is 34.5 Å². The number of halogens is 1. The highest BCUT2D eigenvalue weighted by Crippen LogP contribution is 2.39. The summed E-state index contributed by atoms with van der Waals surface area (Å²) in [6.07, 6.45) is 2.43. The van der Waals surface area contributed by atoms with Crippen molar-refractivity contribution in [2.45, 2.75) is 71.1 Å². The van der Waals surface area contributed by atoms with E-state index in [0.29, 0.717) is 22.4 Å². The highest BCUT2D eigenvalue weighted by molar-refractivity contribution is 5.92. The molecular weight excluding hydrogens is 579 g/mol. The molecule has 1 atom stereocenters. The summed E-state index contributed by atoms with van der Waals surface area (Å²) in [5.41, 5.74) is 5.03. The number of nitrogens with one attached hydrogen (secondary N) is 2. The second kappa shape index (κ2) is 14.0. The zero-order valence-electron chi connectivity index (χ0n) is 26.5. The molecule has 1 saturated carbocycles. The molecule has 0 aliphatic heterocycles. The van der Waals surface area contributed by atoms with Crippen molar-refractivity contribution in [3.8, 4) is 12.1 Å². The molecule has 2 N–H and O–H groups in total. The second-order valence-corrected chi connectivity index (χ2v) is 12.2. The minimum absolute atomic E-state index is 0.0109. The van der Waals surface area contributed by atoms with Crippen LogP contribution < -0.4 is 21.3 Å². The Morgan fingerprint density at radius 3 is 2.49 bits per heavy atom. The Bertz CT molecular complexity index is 1700. The Balaban J connectivity index is 1.51. The first-order chi connectivity index (χ1) is 21.3. The average molecular weight is 619 g/mol. The number of carbonyl (C=O) groups excluding carboxylic acids is 1. The van der Waals surface area contributed by atoms with Crippen LogP contribution >= 0.6 is 0 Å². The second-order valence-electron chi connectivity index (χ2n) is 12.2. The summed E-state index contributed by atoms with van der Waals surface area (Å²) in [5.74, 6) is -0.468. The zero-order chi connectivity index (χ0) is 32.9. The van der Waals surface area contributed by atoms with E-state index >= 15 is 0 Å². The molecule has 4 rings (SSSR count). The number of nitriles is 2. The predicted molar refractivity (Wildman–Crippen MR) is 166 cm³/mol. The van der Waals surface area contributed by atoms with Gasteiger partial charge in [0.2, 0.25) is 5.95 Å². The lowest BCUT2D eigenvalue weighted by Gasteiger charge is -2.39. The van der Waals surface area contributed by atoms with Gasteiger partial charge in [-0.05, 0) is 83.1 Å². The molecule has 0 radical (unpaired) electrons. The summed E-state index contributed by atoms with van der Waals surface area (Å²) >= 11 is 0. The summed E-state index contributed by atoms with van der Waals surface area (Å²) < 4.78 is 20.5. The Hall–Kier alpha value is -4.59. The molecule has 13 heteroatoms. The van der Waals surface area contributed by atoms with Crippen molar-refractivity contribution in [1.29, 1.82) is 10.5 Å². The van der Waals surface area contributed by atoms with Gasteiger partial charge in [-0.2, -0.15) is 20.4 Å². The molecule has 1 aliphatic rings. The van der Waals surface area contributed by atoms with Crippen LogP contribution in [0, 0.1) is 41.5 Å². The van der Waals surface area contributed by atoms with Crippen LogP contribution in [0.4, 0.5) is 14.9 Å². The van der Waals surface area contributed by atoms with Gasteiger partial charge in [0, 0.05) is 32.4 Å². The molecule has 1 aliphatic carbocycles. The number of nitrogens with zero attached hydrogens (tertiary/aromatic N) is 6. The standard InChI is InChI=1S/C32H39FN8O4/c1-19-23(12-14-26(33)37-19)27(39-44-16-15-36-31(43)45-32(2,3)4)20-7-10-22(11-8-20)40(5)29-24(18-35)30(42)41(6)25-13-9-21(17-34)38-28(25)29/h9,12-14,20,22,27,39H,7-8,10-11,15-16H2,1-6H3,(H,36,43)/t20?,22?,27-/m0/s1. The van der Waals surface area contributed by atoms with E-state index in [4.69, 9.17) is 9.57 Å². The molecule has 0 bridgehead atoms. The number of ether oxygens (including phenoxy) is 1. The van der Waals surface area contributed by atoms with E-state index < -0.39 is 23.2 Å². The molecule has 0 spiro atoms. The molecule has 45 heavy (non-hydrogen) atoms. The summed E-state index contributed by atoms with van der Waals surface area (Å²) in [7, 11) is 3.44. The molecule has 3 heterocycles. The van der Waals surface area contributed by atoms with Crippen molar-refractivity contribution >= 4 is 22.8 Å². The third-order valence-electron chi connectivity index (χ3n) is 8.06. The quantitative estimate of drug-likeness (QED) is 0.201. The molecule has 238 valence electrons. The summed E-state index contributed by atoms with van der Waals surface area (Å²) in [5, 5.41) is 22.1. The number of hydrogen-bond donors (Lipinski definition) is 2. The Kier molecular flexibility index (Phi) is 10.4. The number of hydroxylamine groups is 1. The first-order valence-corrected chi connectivity index (χ1v) is 14.9. The zero-order valence-corrected chi connectivity index (χ0v) is 26.5. The third-order valence-corrected chi connectivity index (χ3v) is 8.06. The largest absolute Gasteiger partial charge is 0.444 e. The van der Waals surface area contributed by atoms with Crippen LogP contribution in [0.1, 0.15) is 75.0 Å². The maximum Gasteiger partial charge on any atom is 0.407 e. The lowest BCUT2D eigenvalue weighted by Crippen LogP contribution is -2.40. The van der Waals surface area contributed by atoms with Crippen molar-refractivity contribution < 1.29 is 18.8 Å². The maximum absolute atomic E-state index is 13.9. The molecule has 12 nitrogen and oxygen atoms in total. The molecule has 0 aromatic carbocycles. The van der Waals surface area contributed by atoms with Gasteiger partial charge in [0.15, 0.2) is 0 Å². The van der Waals surface area contributed by atoms with E-state index in [2.05, 4.69) is 26.8 Å². The number of amides is 1. The SMILES string of the molecule is Cc1nc(F)ccc1[C@@H](NOCCNC(=O)OC(C)(C)C)C1CCC(N(C)c2c(C#N)c(=O)n(C)c3ccc(C#N)nc23)CC1. The van der Waals surface area contributed by atoms with Crippen LogP contribution in [-0.2, 0) is 16.6 Å². The van der Waals surface area contributed by atoms with Gasteiger partial charge in [0.05, 0.1) is 23.9 Å². The van der Waals surface area contributed by atoms with Crippen molar-refractivity contribution in [1.82, 2.24) is 25.3 Å². The highest BCUT2D eigenvalue weighted by atomic mass is 19.1. The van der Waals surface area contributed by atoms with Gasteiger partial charge in [0.25, 0.3) is 5.56 Å². The lowest BCUT2D eigenvalue weighted by atomic mass is 9.78. The van der Waals surface area contributed by atoms with Crippen LogP contribution in [0.25, 0.3) is 11.0 Å². The Labute approximate surface area is 261 Å². The van der Waals surface area contributed by atoms with E-state index in [-0.39, 0.29) is 42.4 Å². The van der Waals surface area contributed by atoms with E-state index in [1.165, 1.54) is 10.6 Å². The van der Waals surface area contributed by atoms with Crippen LogP contribution in [0.2, 0.25) is 0 Å². The Morgan fingerprint density at radius 2 is 1.87 bits per heavy atom. The first-order valence-electron chi connectivity index (χ1n) is 14.9. The number of fused-ring (bicyclic) bond motifs is 1. The topological polar surface area (TPSA) is 158 Å². The van der Waals surface area contributed by atoms with E-state index in [1.54, 1.807) is 52.9 Å². The fourth-order valence-corrected chi connectivity index (χ4v) is 5.86. The molecule has 3 aromatic heterocycles. The van der Waals surface area contributed by atoms with E-state index in [1.807, 2.05) is 18.0 Å². The van der Waals surface area contributed by atoms with Crippen molar-refractivity contribution in [3.05, 3.63) is 63.1 Å². The molecule has 1 amide bonds. The van der Waals surface area contributed by atoms with Gasteiger partial charge < -0.3 is 19.5 Å². The molecule has 1 fully saturated rings. The smallest absolute Gasteiger partial charge is 0.407 e. The van der Waals surface area contributed by atoms with Crippen LogP contribution in [0.5, 0.6) is 0 Å². The predicted octanol–water partition coefficient (Wildman–Crippen LogP) is 4.30. The number of rotatable bonds is 9. The van der Waals surface area contributed by atoms with Crippen LogP contribution in [-0.4, -0.2) is 52.5 Å². The van der Waals surface area contributed by atoms with Gasteiger partial charge >= 0.3 is 6.09 Å². The van der Waals surface area contributed by atoms with Gasteiger partial charge in [-0.3, -0.25) is 9.63 Å². The number of hydrogen-bond acceptors (Lipinski definition) is 10. The lowest BCUT2D eigenvalue weighted by molar-refractivity contribution is -0.00581. The summed E-state index contributed by atoms with van der Waals surface area (Å²) in [4.78, 5) is 41.3. The number of aromatic nitrogens is 3. The minimum Gasteiger partial charge on any atom is -0.444 e. The van der Waals surface area contributed by atoms with E-state index in [9.17, 15) is 24.5 Å². The van der Waals surface area contributed by atoms with Crippen molar-refractivity contribution in [3.63, 3.8) is 0 Å². The normalized spacial score (nSPS) is 17.3. The first kappa shape index (κ1) is 33.3. The fraction of sp³-hybridized carbons (Fsp3) is 0.500. The van der Waals surface area contributed by atoms with Gasteiger partial charge in [-0.15, -0.1) is 0 Å². The third kappa shape index (κ3) is 7.74. The number of anilines is 1. The van der Waals surface area contributed by atoms with Crippen LogP contribution in [0.3, 0.4) is 0 Å². The van der Waals surface area contributed by atoms with Crippen molar-refractivity contribution in [2.24, 2.45) is 13.0 Å².